The van der Waals surface area contributed by atoms with Gasteiger partial charge in [0.15, 0.2) is 0 Å². The summed E-state index contributed by atoms with van der Waals surface area (Å²) in [4.78, 5) is 0. The number of hydrogen-bond acceptors (Lipinski definition) is 2. The van der Waals surface area contributed by atoms with E-state index in [0.29, 0.717) is 19.6 Å². The van der Waals surface area contributed by atoms with Crippen molar-refractivity contribution >= 4 is 0 Å². The van der Waals surface area contributed by atoms with E-state index in [2.05, 4.69) is 0 Å². The molecule has 1 aromatic carbocycles. The third-order valence-electron chi connectivity index (χ3n) is 2.17. The van der Waals surface area contributed by atoms with E-state index < -0.39 is 6.67 Å². The van der Waals surface area contributed by atoms with Gasteiger partial charge in [-0.1, -0.05) is 30.3 Å². The van der Waals surface area contributed by atoms with Crippen molar-refractivity contribution in [1.82, 2.24) is 0 Å². The van der Waals surface area contributed by atoms with Crippen molar-refractivity contribution in [3.63, 3.8) is 0 Å². The zero-order valence-corrected chi connectivity index (χ0v) is 8.86. The minimum absolute atomic E-state index is 0.328. The standard InChI is InChI=1S/C12H18FNO/c13-9-12(14)7-4-8-15-10-11-5-2-1-3-6-11/h1-3,5-6,12H,4,7-10,14H2. The lowest BCUT2D eigenvalue weighted by Crippen LogP contribution is -2.22. The lowest BCUT2D eigenvalue weighted by atomic mass is 10.2. The molecular formula is C12H18FNO. The highest BCUT2D eigenvalue weighted by Crippen LogP contribution is 2.02. The van der Waals surface area contributed by atoms with Crippen molar-refractivity contribution in [3.8, 4) is 0 Å². The first kappa shape index (κ1) is 12.1. The van der Waals surface area contributed by atoms with Crippen LogP contribution in [0.5, 0.6) is 0 Å². The first-order valence-electron chi connectivity index (χ1n) is 5.26. The number of halogens is 1. The van der Waals surface area contributed by atoms with Gasteiger partial charge in [0.2, 0.25) is 0 Å². The monoisotopic (exact) mass is 211 g/mol. The van der Waals surface area contributed by atoms with Gasteiger partial charge in [-0.05, 0) is 18.4 Å². The summed E-state index contributed by atoms with van der Waals surface area (Å²) in [6.45, 7) is 0.812. The molecule has 0 saturated heterocycles. The van der Waals surface area contributed by atoms with Crippen LogP contribution in [0.1, 0.15) is 18.4 Å². The van der Waals surface area contributed by atoms with E-state index in [4.69, 9.17) is 10.5 Å². The molecule has 15 heavy (non-hydrogen) atoms. The molecule has 0 aliphatic heterocycles. The molecule has 0 aromatic heterocycles. The molecule has 0 bridgehead atoms. The maximum absolute atomic E-state index is 12.0. The molecule has 3 heteroatoms. The van der Waals surface area contributed by atoms with Crippen molar-refractivity contribution in [2.75, 3.05) is 13.3 Å². The van der Waals surface area contributed by atoms with E-state index in [0.717, 1.165) is 12.0 Å². The first-order chi connectivity index (χ1) is 7.33. The zero-order valence-electron chi connectivity index (χ0n) is 8.86. The Bertz CT molecular complexity index is 253. The number of nitrogens with two attached hydrogens (primary N) is 1. The molecule has 1 rings (SSSR count). The van der Waals surface area contributed by atoms with Crippen LogP contribution in [-0.2, 0) is 11.3 Å². The molecule has 0 heterocycles. The summed E-state index contributed by atoms with van der Waals surface area (Å²) in [5.41, 5.74) is 6.60. The quantitative estimate of drug-likeness (QED) is 0.702. The number of rotatable bonds is 7. The van der Waals surface area contributed by atoms with Crippen molar-refractivity contribution < 1.29 is 9.13 Å². The predicted octanol–water partition coefficient (Wildman–Crippen LogP) is 2.28. The molecule has 0 spiro atoms. The molecule has 0 aliphatic carbocycles. The molecule has 1 aromatic rings. The first-order valence-corrected chi connectivity index (χ1v) is 5.26. The van der Waals surface area contributed by atoms with Crippen LogP contribution in [0.3, 0.4) is 0 Å². The number of ether oxygens (including phenoxy) is 1. The van der Waals surface area contributed by atoms with E-state index in [1.165, 1.54) is 0 Å². The SMILES string of the molecule is NC(CF)CCCOCc1ccccc1. The highest BCUT2D eigenvalue weighted by atomic mass is 19.1. The van der Waals surface area contributed by atoms with Gasteiger partial charge in [0, 0.05) is 12.6 Å². The summed E-state index contributed by atoms with van der Waals surface area (Å²) in [7, 11) is 0. The molecule has 2 N–H and O–H groups in total. The van der Waals surface area contributed by atoms with Crippen LogP contribution in [0.4, 0.5) is 4.39 Å². The third-order valence-corrected chi connectivity index (χ3v) is 2.17. The number of benzene rings is 1. The molecule has 2 nitrogen and oxygen atoms in total. The van der Waals surface area contributed by atoms with E-state index >= 15 is 0 Å². The Balaban J connectivity index is 2.03. The molecule has 0 saturated carbocycles. The Morgan fingerprint density at radius 3 is 2.67 bits per heavy atom. The fourth-order valence-electron chi connectivity index (χ4n) is 1.29. The highest BCUT2D eigenvalue weighted by Gasteiger charge is 2.00. The number of alkyl halides is 1. The topological polar surface area (TPSA) is 35.2 Å². The second kappa shape index (κ2) is 7.37. The largest absolute Gasteiger partial charge is 0.377 e. The van der Waals surface area contributed by atoms with E-state index in [-0.39, 0.29) is 6.04 Å². The van der Waals surface area contributed by atoms with Crippen LogP contribution < -0.4 is 5.73 Å². The Labute approximate surface area is 90.2 Å². The number of hydrogen-bond donors (Lipinski definition) is 1. The zero-order chi connectivity index (χ0) is 10.9. The van der Waals surface area contributed by atoms with Gasteiger partial charge in [0.05, 0.1) is 6.61 Å². The van der Waals surface area contributed by atoms with E-state index in [9.17, 15) is 4.39 Å². The minimum Gasteiger partial charge on any atom is -0.377 e. The van der Waals surface area contributed by atoms with Gasteiger partial charge < -0.3 is 10.5 Å². The van der Waals surface area contributed by atoms with Gasteiger partial charge >= 0.3 is 0 Å². The fraction of sp³-hybridized carbons (Fsp3) is 0.500. The Morgan fingerprint density at radius 1 is 1.27 bits per heavy atom. The van der Waals surface area contributed by atoms with Crippen molar-refractivity contribution in [3.05, 3.63) is 35.9 Å². The molecule has 1 atom stereocenters. The lowest BCUT2D eigenvalue weighted by Gasteiger charge is -2.07. The van der Waals surface area contributed by atoms with Gasteiger partial charge in [-0.15, -0.1) is 0 Å². The molecule has 1 unspecified atom stereocenters. The summed E-state index contributed by atoms with van der Waals surface area (Å²) in [6.07, 6.45) is 1.50. The van der Waals surface area contributed by atoms with Crippen LogP contribution >= 0.6 is 0 Å². The molecule has 84 valence electrons. The maximum Gasteiger partial charge on any atom is 0.104 e. The van der Waals surface area contributed by atoms with Crippen molar-refractivity contribution in [1.29, 1.82) is 0 Å². The fourth-order valence-corrected chi connectivity index (χ4v) is 1.29. The van der Waals surface area contributed by atoms with Crippen molar-refractivity contribution in [2.45, 2.75) is 25.5 Å². The van der Waals surface area contributed by atoms with Gasteiger partial charge in [-0.3, -0.25) is 0 Å². The second-order valence-corrected chi connectivity index (χ2v) is 3.59. The summed E-state index contributed by atoms with van der Waals surface area (Å²) < 4.78 is 17.4. The normalized spacial score (nSPS) is 12.7. The van der Waals surface area contributed by atoms with Gasteiger partial charge in [-0.2, -0.15) is 0 Å². The maximum atomic E-state index is 12.0. The van der Waals surface area contributed by atoms with Crippen LogP contribution in [0.15, 0.2) is 30.3 Å². The minimum atomic E-state index is -0.446. The molecular weight excluding hydrogens is 193 g/mol. The van der Waals surface area contributed by atoms with E-state index in [1.54, 1.807) is 0 Å². The Kier molecular flexibility index (Phi) is 5.97. The van der Waals surface area contributed by atoms with Gasteiger partial charge in [-0.25, -0.2) is 4.39 Å². The average Bonchev–Trinajstić information content (AvgIpc) is 2.29. The summed E-state index contributed by atoms with van der Waals surface area (Å²) in [5, 5.41) is 0. The molecule has 0 fully saturated rings. The van der Waals surface area contributed by atoms with Crippen molar-refractivity contribution in [2.24, 2.45) is 5.73 Å². The summed E-state index contributed by atoms with van der Waals surface area (Å²) in [6, 6.07) is 9.66. The molecule has 0 amide bonds. The van der Waals surface area contributed by atoms with Gasteiger partial charge in [0.1, 0.15) is 6.67 Å². The lowest BCUT2D eigenvalue weighted by molar-refractivity contribution is 0.115. The van der Waals surface area contributed by atoms with Gasteiger partial charge in [0.25, 0.3) is 0 Å². The van der Waals surface area contributed by atoms with Crippen LogP contribution in [0.25, 0.3) is 0 Å². The smallest absolute Gasteiger partial charge is 0.104 e. The second-order valence-electron chi connectivity index (χ2n) is 3.59. The molecule has 0 aliphatic rings. The Hall–Kier alpha value is -0.930. The average molecular weight is 211 g/mol. The van der Waals surface area contributed by atoms with Crippen LogP contribution in [-0.4, -0.2) is 19.3 Å². The summed E-state index contributed by atoms with van der Waals surface area (Å²) in [5.74, 6) is 0. The van der Waals surface area contributed by atoms with Crippen LogP contribution in [0.2, 0.25) is 0 Å². The predicted molar refractivity (Wildman–Crippen MR) is 59.3 cm³/mol. The Morgan fingerprint density at radius 2 is 2.00 bits per heavy atom. The summed E-state index contributed by atoms with van der Waals surface area (Å²) >= 11 is 0. The molecule has 0 radical (unpaired) electrons. The van der Waals surface area contributed by atoms with Crippen LogP contribution in [0, 0.1) is 0 Å². The highest BCUT2D eigenvalue weighted by molar-refractivity contribution is 5.13. The van der Waals surface area contributed by atoms with E-state index in [1.807, 2.05) is 30.3 Å². The third kappa shape index (κ3) is 5.50.